The molecule has 6 nitrogen and oxygen atoms in total. The standard InChI is InChI=1S/C13H13N3O3S2/c17-4-2-1-3-11-5-13(8-14-6-11)21(18,19)16-7-12-9-20-10-15-12/h5-6,8-10,16-17H,2,4,7H2. The molecule has 0 spiro atoms. The number of aliphatic hydroxyl groups excluding tert-OH is 1. The first-order valence-corrected chi connectivity index (χ1v) is 8.46. The van der Waals surface area contributed by atoms with Crippen LogP contribution in [0.5, 0.6) is 0 Å². The predicted octanol–water partition coefficient (Wildman–Crippen LogP) is 0.750. The summed E-state index contributed by atoms with van der Waals surface area (Å²) in [7, 11) is -3.65. The van der Waals surface area contributed by atoms with Crippen LogP contribution in [0.15, 0.2) is 34.2 Å². The van der Waals surface area contributed by atoms with Crippen LogP contribution in [0, 0.1) is 11.8 Å². The maximum atomic E-state index is 12.1. The summed E-state index contributed by atoms with van der Waals surface area (Å²) in [6.07, 6.45) is 3.07. The highest BCUT2D eigenvalue weighted by Crippen LogP contribution is 2.10. The Kier molecular flexibility index (Phi) is 5.41. The number of nitrogens with one attached hydrogen (secondary N) is 1. The Hall–Kier alpha value is -1.79. The van der Waals surface area contributed by atoms with Crippen molar-refractivity contribution < 1.29 is 13.5 Å². The summed E-state index contributed by atoms with van der Waals surface area (Å²) in [5.74, 6) is 5.47. The highest BCUT2D eigenvalue weighted by atomic mass is 32.2. The first-order chi connectivity index (χ1) is 10.1. The molecule has 2 heterocycles. The average molecular weight is 323 g/mol. The fraction of sp³-hybridized carbons (Fsp3) is 0.231. The van der Waals surface area contributed by atoms with Gasteiger partial charge in [0.25, 0.3) is 0 Å². The third kappa shape index (κ3) is 4.61. The van der Waals surface area contributed by atoms with Gasteiger partial charge in [-0.15, -0.1) is 11.3 Å². The Morgan fingerprint density at radius 1 is 1.38 bits per heavy atom. The molecule has 0 radical (unpaired) electrons. The number of aliphatic hydroxyl groups is 1. The number of rotatable bonds is 5. The molecule has 2 N–H and O–H groups in total. The van der Waals surface area contributed by atoms with Crippen LogP contribution in [-0.4, -0.2) is 30.1 Å². The SMILES string of the molecule is O=S(=O)(NCc1cscn1)c1cncc(C#CCCO)c1. The Morgan fingerprint density at radius 2 is 2.24 bits per heavy atom. The molecule has 0 aromatic carbocycles. The summed E-state index contributed by atoms with van der Waals surface area (Å²) in [6.45, 7) is 0.0971. The Morgan fingerprint density at radius 3 is 2.95 bits per heavy atom. The van der Waals surface area contributed by atoms with E-state index in [2.05, 4.69) is 26.5 Å². The molecule has 2 aromatic heterocycles. The third-order valence-electron chi connectivity index (χ3n) is 2.42. The number of pyridine rings is 1. The quantitative estimate of drug-likeness (QED) is 0.792. The molecule has 0 bridgehead atoms. The minimum atomic E-state index is -3.65. The molecule has 8 heteroatoms. The van der Waals surface area contributed by atoms with Crippen LogP contribution >= 0.6 is 11.3 Å². The molecular formula is C13H13N3O3S2. The average Bonchev–Trinajstić information content (AvgIpc) is 2.99. The zero-order valence-corrected chi connectivity index (χ0v) is 12.6. The van der Waals surface area contributed by atoms with Crippen LogP contribution in [-0.2, 0) is 16.6 Å². The lowest BCUT2D eigenvalue weighted by Crippen LogP contribution is -2.23. The van der Waals surface area contributed by atoms with E-state index in [4.69, 9.17) is 5.11 Å². The van der Waals surface area contributed by atoms with Gasteiger partial charge in [-0.05, 0) is 6.07 Å². The molecule has 0 saturated heterocycles. The van der Waals surface area contributed by atoms with E-state index < -0.39 is 10.0 Å². The van der Waals surface area contributed by atoms with E-state index in [1.807, 2.05) is 0 Å². The molecule has 0 aliphatic rings. The van der Waals surface area contributed by atoms with E-state index in [1.54, 1.807) is 10.9 Å². The highest BCUT2D eigenvalue weighted by Gasteiger charge is 2.14. The fourth-order valence-electron chi connectivity index (χ4n) is 1.43. The van der Waals surface area contributed by atoms with Crippen molar-refractivity contribution in [2.45, 2.75) is 17.9 Å². The lowest BCUT2D eigenvalue weighted by Gasteiger charge is -2.05. The second-order valence-corrected chi connectivity index (χ2v) is 6.47. The van der Waals surface area contributed by atoms with Crippen molar-refractivity contribution in [1.82, 2.24) is 14.7 Å². The zero-order valence-electron chi connectivity index (χ0n) is 11.0. The summed E-state index contributed by atoms with van der Waals surface area (Å²) in [6, 6.07) is 1.45. The predicted molar refractivity (Wildman–Crippen MR) is 79.0 cm³/mol. The number of thiazole rings is 1. The van der Waals surface area contributed by atoms with Crippen molar-refractivity contribution in [3.63, 3.8) is 0 Å². The Bertz CT molecular complexity index is 746. The molecule has 0 unspecified atom stereocenters. The van der Waals surface area contributed by atoms with Crippen molar-refractivity contribution in [1.29, 1.82) is 0 Å². The topological polar surface area (TPSA) is 92.2 Å². The van der Waals surface area contributed by atoms with Gasteiger partial charge in [0.1, 0.15) is 4.90 Å². The van der Waals surface area contributed by atoms with Gasteiger partial charge in [0.15, 0.2) is 0 Å². The van der Waals surface area contributed by atoms with Crippen LogP contribution in [0.4, 0.5) is 0 Å². The minimum Gasteiger partial charge on any atom is -0.395 e. The van der Waals surface area contributed by atoms with Crippen molar-refractivity contribution >= 4 is 21.4 Å². The van der Waals surface area contributed by atoms with Crippen LogP contribution in [0.3, 0.4) is 0 Å². The number of hydrogen-bond donors (Lipinski definition) is 2. The van der Waals surface area contributed by atoms with E-state index in [0.29, 0.717) is 17.7 Å². The van der Waals surface area contributed by atoms with Gasteiger partial charge >= 0.3 is 0 Å². The van der Waals surface area contributed by atoms with Crippen molar-refractivity contribution in [2.24, 2.45) is 0 Å². The van der Waals surface area contributed by atoms with E-state index in [0.717, 1.165) is 0 Å². The first kappa shape index (κ1) is 15.6. The number of sulfonamides is 1. The van der Waals surface area contributed by atoms with Gasteiger partial charge in [0.2, 0.25) is 10.0 Å². The Labute approximate surface area is 126 Å². The van der Waals surface area contributed by atoms with E-state index in [9.17, 15) is 8.42 Å². The smallest absolute Gasteiger partial charge is 0.242 e. The van der Waals surface area contributed by atoms with Crippen LogP contribution in [0.25, 0.3) is 0 Å². The number of aromatic nitrogens is 2. The fourth-order valence-corrected chi connectivity index (χ4v) is 2.98. The minimum absolute atomic E-state index is 0.0341. The summed E-state index contributed by atoms with van der Waals surface area (Å²) in [5.41, 5.74) is 2.79. The molecule has 0 amide bonds. The van der Waals surface area contributed by atoms with Crippen molar-refractivity contribution in [3.05, 3.63) is 40.6 Å². The summed E-state index contributed by atoms with van der Waals surface area (Å²) < 4.78 is 26.8. The monoisotopic (exact) mass is 323 g/mol. The molecule has 2 aromatic rings. The number of nitrogens with zero attached hydrogens (tertiary/aromatic N) is 2. The van der Waals surface area contributed by atoms with E-state index in [1.165, 1.54) is 29.8 Å². The second-order valence-electron chi connectivity index (χ2n) is 3.99. The van der Waals surface area contributed by atoms with Gasteiger partial charge < -0.3 is 5.11 Å². The van der Waals surface area contributed by atoms with Gasteiger partial charge in [-0.3, -0.25) is 4.98 Å². The van der Waals surface area contributed by atoms with Crippen molar-refractivity contribution in [3.8, 4) is 11.8 Å². The molecule has 0 fully saturated rings. The zero-order chi connectivity index (χ0) is 15.1. The van der Waals surface area contributed by atoms with Crippen LogP contribution in [0.1, 0.15) is 17.7 Å². The second kappa shape index (κ2) is 7.28. The first-order valence-electron chi connectivity index (χ1n) is 6.03. The molecule has 0 aliphatic carbocycles. The van der Waals surface area contributed by atoms with E-state index in [-0.39, 0.29) is 18.0 Å². The lowest BCUT2D eigenvalue weighted by molar-refractivity contribution is 0.305. The molecule has 2 rings (SSSR count). The molecule has 110 valence electrons. The summed E-state index contributed by atoms with van der Waals surface area (Å²) >= 11 is 1.40. The molecule has 21 heavy (non-hydrogen) atoms. The summed E-state index contributed by atoms with van der Waals surface area (Å²) in [4.78, 5) is 7.94. The lowest BCUT2D eigenvalue weighted by atomic mass is 10.3. The van der Waals surface area contributed by atoms with Gasteiger partial charge in [-0.2, -0.15) is 0 Å². The molecular weight excluding hydrogens is 310 g/mol. The van der Waals surface area contributed by atoms with Gasteiger partial charge in [-0.1, -0.05) is 11.8 Å². The van der Waals surface area contributed by atoms with Crippen LogP contribution < -0.4 is 4.72 Å². The maximum Gasteiger partial charge on any atom is 0.242 e. The number of hydrogen-bond acceptors (Lipinski definition) is 6. The molecule has 0 saturated carbocycles. The van der Waals surface area contributed by atoms with Gasteiger partial charge in [-0.25, -0.2) is 18.1 Å². The van der Waals surface area contributed by atoms with Gasteiger partial charge in [0, 0.05) is 29.8 Å². The Balaban J connectivity index is 2.12. The highest BCUT2D eigenvalue weighted by molar-refractivity contribution is 7.89. The summed E-state index contributed by atoms with van der Waals surface area (Å²) in [5, 5.41) is 10.4. The molecule has 0 aliphatic heterocycles. The van der Waals surface area contributed by atoms with Crippen LogP contribution in [0.2, 0.25) is 0 Å². The molecule has 0 atom stereocenters. The third-order valence-corrected chi connectivity index (χ3v) is 4.42. The van der Waals surface area contributed by atoms with E-state index >= 15 is 0 Å². The largest absolute Gasteiger partial charge is 0.395 e. The normalized spacial score (nSPS) is 10.9. The van der Waals surface area contributed by atoms with Crippen molar-refractivity contribution in [2.75, 3.05) is 6.61 Å². The van der Waals surface area contributed by atoms with Gasteiger partial charge in [0.05, 0.1) is 24.4 Å². The maximum absolute atomic E-state index is 12.1.